The molecule has 3 rings (SSSR count). The minimum absolute atomic E-state index is 0.0560. The number of carbonyl (C=O) groups excluding carboxylic acids is 1. The van der Waals surface area contributed by atoms with E-state index < -0.39 is 4.92 Å². The molecular weight excluding hydrogens is 414 g/mol. The summed E-state index contributed by atoms with van der Waals surface area (Å²) in [5.74, 6) is 0.663. The summed E-state index contributed by atoms with van der Waals surface area (Å²) < 4.78 is 0.581. The second-order valence-corrected chi connectivity index (χ2v) is 7.15. The molecule has 9 heteroatoms. The van der Waals surface area contributed by atoms with Crippen molar-refractivity contribution >= 4 is 39.2 Å². The van der Waals surface area contributed by atoms with Crippen molar-refractivity contribution in [2.45, 2.75) is 25.3 Å². The van der Waals surface area contributed by atoms with Gasteiger partial charge in [0.05, 0.1) is 9.40 Å². The molecule has 2 heterocycles. The number of piperidine rings is 1. The number of pyridine rings is 1. The van der Waals surface area contributed by atoms with Gasteiger partial charge < -0.3 is 15.5 Å². The van der Waals surface area contributed by atoms with Crippen LogP contribution in [0.15, 0.2) is 47.1 Å². The van der Waals surface area contributed by atoms with Gasteiger partial charge in [0, 0.05) is 30.9 Å². The third-order valence-electron chi connectivity index (χ3n) is 4.45. The number of aromatic nitrogens is 1. The highest BCUT2D eigenvalue weighted by Gasteiger charge is 2.26. The molecule has 1 atom stereocenters. The molecule has 0 spiro atoms. The van der Waals surface area contributed by atoms with Crippen molar-refractivity contribution in [2.75, 3.05) is 23.3 Å². The average Bonchev–Trinajstić information content (AvgIpc) is 2.67. The van der Waals surface area contributed by atoms with Crippen molar-refractivity contribution in [2.24, 2.45) is 0 Å². The summed E-state index contributed by atoms with van der Waals surface area (Å²) in [6.07, 6.45) is 4.25. The Morgan fingerprint density at radius 3 is 2.81 bits per heavy atom. The van der Waals surface area contributed by atoms with Crippen LogP contribution < -0.4 is 15.5 Å². The number of para-hydroxylation sites is 1. The number of halogens is 1. The molecule has 1 aromatic heterocycles. The van der Waals surface area contributed by atoms with E-state index in [1.54, 1.807) is 0 Å². The summed E-state index contributed by atoms with van der Waals surface area (Å²) in [5, 5.41) is 16.6. The van der Waals surface area contributed by atoms with E-state index >= 15 is 0 Å². The van der Waals surface area contributed by atoms with Crippen LogP contribution in [0.3, 0.4) is 0 Å². The van der Waals surface area contributed by atoms with E-state index in [-0.39, 0.29) is 17.8 Å². The summed E-state index contributed by atoms with van der Waals surface area (Å²) in [6.45, 7) is 1.25. The minimum atomic E-state index is -0.468. The smallest absolute Gasteiger partial charge is 0.319 e. The van der Waals surface area contributed by atoms with Crippen LogP contribution in [0.1, 0.15) is 19.3 Å². The quantitative estimate of drug-likeness (QED) is 0.549. The molecule has 0 aliphatic carbocycles. The monoisotopic (exact) mass is 433 g/mol. The number of carbonyl (C=O) groups is 1. The number of rotatable bonds is 5. The van der Waals surface area contributed by atoms with E-state index in [0.29, 0.717) is 16.8 Å². The Morgan fingerprint density at radius 1 is 1.33 bits per heavy atom. The molecule has 0 bridgehead atoms. The van der Waals surface area contributed by atoms with Gasteiger partial charge in [0.15, 0.2) is 0 Å². The third-order valence-corrected chi connectivity index (χ3v) is 5.03. The number of anilines is 2. The number of hydrogen-bond donors (Lipinski definition) is 2. The van der Waals surface area contributed by atoms with Crippen LogP contribution in [0.2, 0.25) is 0 Å². The van der Waals surface area contributed by atoms with Gasteiger partial charge in [0.2, 0.25) is 0 Å². The highest BCUT2D eigenvalue weighted by molar-refractivity contribution is 9.10. The van der Waals surface area contributed by atoms with Crippen LogP contribution in [0, 0.1) is 10.1 Å². The topological polar surface area (TPSA) is 100 Å². The Morgan fingerprint density at radius 2 is 2.11 bits per heavy atom. The first-order valence-electron chi connectivity index (χ1n) is 8.71. The number of amides is 2. The lowest BCUT2D eigenvalue weighted by Gasteiger charge is -2.37. The SMILES string of the molecule is O=C(NCC1CCCCN1c1ncc([N+](=O)[O-])cc1Br)Nc1ccccc1. The van der Waals surface area contributed by atoms with Crippen molar-refractivity contribution < 1.29 is 9.72 Å². The first-order valence-corrected chi connectivity index (χ1v) is 9.50. The summed E-state index contributed by atoms with van der Waals surface area (Å²) >= 11 is 3.39. The van der Waals surface area contributed by atoms with Gasteiger partial charge in [-0.05, 0) is 47.3 Å². The Balaban J connectivity index is 1.65. The number of nitrogens with one attached hydrogen (secondary N) is 2. The van der Waals surface area contributed by atoms with Gasteiger partial charge in [0.25, 0.3) is 5.69 Å². The number of benzene rings is 1. The molecule has 1 aromatic carbocycles. The van der Waals surface area contributed by atoms with Crippen LogP contribution in [0.25, 0.3) is 0 Å². The normalized spacial score (nSPS) is 16.6. The number of nitrogens with zero attached hydrogens (tertiary/aromatic N) is 3. The van der Waals surface area contributed by atoms with Crippen molar-refractivity contribution in [3.8, 4) is 0 Å². The van der Waals surface area contributed by atoms with Crippen LogP contribution in [-0.2, 0) is 0 Å². The first kappa shape index (κ1) is 19.1. The molecule has 2 N–H and O–H groups in total. The van der Waals surface area contributed by atoms with Gasteiger partial charge in [-0.15, -0.1) is 0 Å². The fourth-order valence-corrected chi connectivity index (χ4v) is 3.70. The maximum atomic E-state index is 12.1. The fourth-order valence-electron chi connectivity index (χ4n) is 3.13. The Hall–Kier alpha value is -2.68. The van der Waals surface area contributed by atoms with Crippen LogP contribution >= 0.6 is 15.9 Å². The van der Waals surface area contributed by atoms with Crippen molar-refractivity contribution in [3.05, 3.63) is 57.2 Å². The standard InChI is InChI=1S/C18H20BrN5O3/c19-16-10-15(24(26)27)12-20-17(16)23-9-5-4-8-14(23)11-21-18(25)22-13-6-2-1-3-7-13/h1-3,6-7,10,12,14H,4-5,8-9,11H2,(H2,21,22,25). The van der Waals surface area contributed by atoms with E-state index in [1.165, 1.54) is 12.3 Å². The molecule has 27 heavy (non-hydrogen) atoms. The molecule has 2 aromatic rings. The number of urea groups is 1. The maximum Gasteiger partial charge on any atom is 0.319 e. The Labute approximate surface area is 165 Å². The van der Waals surface area contributed by atoms with Gasteiger partial charge in [-0.3, -0.25) is 10.1 Å². The zero-order chi connectivity index (χ0) is 19.2. The van der Waals surface area contributed by atoms with Gasteiger partial charge in [-0.25, -0.2) is 9.78 Å². The molecule has 0 radical (unpaired) electrons. The van der Waals surface area contributed by atoms with Crippen molar-refractivity contribution in [3.63, 3.8) is 0 Å². The average molecular weight is 434 g/mol. The molecule has 142 valence electrons. The lowest BCUT2D eigenvalue weighted by atomic mass is 10.0. The van der Waals surface area contributed by atoms with Gasteiger partial charge in [-0.2, -0.15) is 0 Å². The zero-order valence-corrected chi connectivity index (χ0v) is 16.2. The molecule has 1 aliphatic rings. The maximum absolute atomic E-state index is 12.1. The fraction of sp³-hybridized carbons (Fsp3) is 0.333. The summed E-state index contributed by atoms with van der Waals surface area (Å²) in [6, 6.07) is 10.5. The molecule has 1 saturated heterocycles. The lowest BCUT2D eigenvalue weighted by molar-refractivity contribution is -0.385. The van der Waals surface area contributed by atoms with E-state index in [0.717, 1.165) is 31.5 Å². The Bertz CT molecular complexity index is 818. The van der Waals surface area contributed by atoms with E-state index in [1.807, 2.05) is 30.3 Å². The molecule has 1 unspecified atom stereocenters. The predicted octanol–water partition coefficient (Wildman–Crippen LogP) is 3.93. The highest BCUT2D eigenvalue weighted by atomic mass is 79.9. The van der Waals surface area contributed by atoms with Gasteiger partial charge in [-0.1, -0.05) is 18.2 Å². The second-order valence-electron chi connectivity index (χ2n) is 6.30. The summed E-state index contributed by atoms with van der Waals surface area (Å²) in [5.41, 5.74) is 0.676. The predicted molar refractivity (Wildman–Crippen MR) is 107 cm³/mol. The first-order chi connectivity index (χ1) is 13.0. The highest BCUT2D eigenvalue weighted by Crippen LogP contribution is 2.31. The van der Waals surface area contributed by atoms with Crippen LogP contribution in [-0.4, -0.2) is 35.1 Å². The van der Waals surface area contributed by atoms with E-state index in [2.05, 4.69) is 36.4 Å². The molecule has 8 nitrogen and oxygen atoms in total. The summed E-state index contributed by atoms with van der Waals surface area (Å²) in [4.78, 5) is 29.0. The molecule has 1 aliphatic heterocycles. The van der Waals surface area contributed by atoms with Gasteiger partial charge >= 0.3 is 6.03 Å². The molecular formula is C18H20BrN5O3. The lowest BCUT2D eigenvalue weighted by Crippen LogP contribution is -2.48. The second kappa shape index (κ2) is 8.81. The van der Waals surface area contributed by atoms with Crippen LogP contribution in [0.5, 0.6) is 0 Å². The zero-order valence-electron chi connectivity index (χ0n) is 14.6. The van der Waals surface area contributed by atoms with E-state index in [9.17, 15) is 14.9 Å². The number of hydrogen-bond acceptors (Lipinski definition) is 5. The largest absolute Gasteiger partial charge is 0.351 e. The van der Waals surface area contributed by atoms with E-state index in [4.69, 9.17) is 0 Å². The Kier molecular flexibility index (Phi) is 6.23. The molecule has 1 fully saturated rings. The van der Waals surface area contributed by atoms with Gasteiger partial charge in [0.1, 0.15) is 12.0 Å². The molecule has 0 saturated carbocycles. The minimum Gasteiger partial charge on any atom is -0.351 e. The summed E-state index contributed by atoms with van der Waals surface area (Å²) in [7, 11) is 0. The number of nitro groups is 1. The van der Waals surface area contributed by atoms with Crippen LogP contribution in [0.4, 0.5) is 22.0 Å². The molecule has 2 amide bonds. The third kappa shape index (κ3) is 4.94. The van der Waals surface area contributed by atoms with Crippen molar-refractivity contribution in [1.82, 2.24) is 10.3 Å². The van der Waals surface area contributed by atoms with Crippen molar-refractivity contribution in [1.29, 1.82) is 0 Å².